The molecule has 0 aliphatic heterocycles. The Morgan fingerprint density at radius 3 is 0.592 bits per heavy atom. The van der Waals surface area contributed by atoms with Crippen LogP contribution in [0.1, 0.15) is 150 Å². The number of halogens is 2. The molecule has 488 valence electrons. The van der Waals surface area contributed by atoms with Gasteiger partial charge in [0.05, 0.1) is 0 Å². The van der Waals surface area contributed by atoms with E-state index in [1.54, 1.807) is 78.5 Å². The molecule has 0 atom stereocenters. The summed E-state index contributed by atoms with van der Waals surface area (Å²) in [5.41, 5.74) is 28.2. The molecule has 16 rings (SSSR count). The first kappa shape index (κ1) is 69.9. The molecule has 0 bridgehead atoms. The van der Waals surface area contributed by atoms with E-state index in [1.807, 2.05) is 0 Å². The van der Waals surface area contributed by atoms with E-state index in [0.29, 0.717) is 0 Å². The summed E-state index contributed by atoms with van der Waals surface area (Å²) in [5.74, 6) is 0. The topological polar surface area (TPSA) is 0 Å². The van der Waals surface area contributed by atoms with E-state index in [2.05, 4.69) is 350 Å². The first-order valence-corrected chi connectivity index (χ1v) is 55.9. The Kier molecular flexibility index (Phi) is 19.8. The van der Waals surface area contributed by atoms with Crippen molar-refractivity contribution in [2.45, 2.75) is 130 Å². The van der Waals surface area contributed by atoms with E-state index in [4.69, 9.17) is 0 Å². The maximum Gasteiger partial charge on any atom is -1.00 e. The van der Waals surface area contributed by atoms with E-state index in [-0.39, 0.29) is 46.5 Å². The van der Waals surface area contributed by atoms with Gasteiger partial charge in [-0.3, -0.25) is 0 Å². The van der Waals surface area contributed by atoms with Gasteiger partial charge in [-0.05, 0) is 0 Å². The summed E-state index contributed by atoms with van der Waals surface area (Å²) in [6.07, 6.45) is 4.16. The van der Waals surface area contributed by atoms with E-state index in [9.17, 15) is 0 Å². The zero-order valence-electron chi connectivity index (χ0n) is 59.0. The van der Waals surface area contributed by atoms with Crippen molar-refractivity contribution in [1.29, 1.82) is 0 Å². The molecule has 4 aliphatic carbocycles. The van der Waals surface area contributed by atoms with Gasteiger partial charge in [0.2, 0.25) is 0 Å². The van der Waals surface area contributed by atoms with Crippen molar-refractivity contribution in [3.63, 3.8) is 0 Å². The van der Waals surface area contributed by atoms with Gasteiger partial charge in [0.1, 0.15) is 0 Å². The molecule has 0 N–H and O–H groups in total. The minimum absolute atomic E-state index is 0. The number of hydrogen-bond donors (Lipinski definition) is 0. The van der Waals surface area contributed by atoms with Crippen LogP contribution in [0.5, 0.6) is 0 Å². The molecule has 0 aromatic heterocycles. The van der Waals surface area contributed by atoms with Gasteiger partial charge in [-0.1, -0.05) is 0 Å². The molecule has 0 radical (unpaired) electrons. The molecule has 12 aromatic rings. The van der Waals surface area contributed by atoms with Gasteiger partial charge in [0, 0.05) is 0 Å². The molecular weight excluding hydrogens is 1590 g/mol. The average Bonchev–Trinajstić information content (AvgIpc) is 1.64. The van der Waals surface area contributed by atoms with Crippen molar-refractivity contribution in [3.8, 4) is 44.5 Å². The first-order valence-electron chi connectivity index (χ1n) is 34.9. The number of benzene rings is 12. The molecule has 4 aliphatic rings. The van der Waals surface area contributed by atoms with Crippen LogP contribution in [0.25, 0.3) is 44.5 Å². The van der Waals surface area contributed by atoms with Crippen LogP contribution in [0.15, 0.2) is 267 Å². The van der Waals surface area contributed by atoms with Crippen molar-refractivity contribution in [1.82, 2.24) is 0 Å². The van der Waals surface area contributed by atoms with Gasteiger partial charge in [0.15, 0.2) is 0 Å². The fraction of sp³-hybridized carbons (Fsp3) is 0.217. The van der Waals surface area contributed by atoms with E-state index in [1.165, 1.54) is 66.8 Å². The van der Waals surface area contributed by atoms with Crippen LogP contribution in [0.2, 0.25) is 0 Å². The molecule has 12 aromatic carbocycles. The van der Waals surface area contributed by atoms with Crippen LogP contribution in [0, 0.1) is 0 Å². The van der Waals surface area contributed by atoms with Crippen LogP contribution in [0.3, 0.4) is 0 Å². The smallest absolute Gasteiger partial charge is 1.00 e. The van der Waals surface area contributed by atoms with Crippen molar-refractivity contribution in [2.24, 2.45) is 0 Å². The van der Waals surface area contributed by atoms with E-state index in [0.717, 1.165) is 25.7 Å². The fourth-order valence-corrected chi connectivity index (χ4v) is 81.0. The van der Waals surface area contributed by atoms with Crippen LogP contribution < -0.4 is 58.8 Å². The van der Waals surface area contributed by atoms with Crippen molar-refractivity contribution in [2.75, 3.05) is 0 Å². The molecule has 0 saturated carbocycles. The quantitative estimate of drug-likeness (QED) is 0.133. The number of hydrogen-bond acceptors (Lipinski definition) is 0. The normalized spacial score (nSPS) is 12.8. The van der Waals surface area contributed by atoms with Crippen LogP contribution in [-0.2, 0) is 87.5 Å². The van der Waals surface area contributed by atoms with Gasteiger partial charge in [-0.15, -0.1) is 0 Å². The number of fused-ring (bicyclic) bond motifs is 12. The second-order valence-corrected chi connectivity index (χ2v) is 66.7. The third-order valence-electron chi connectivity index (χ3n) is 20.9. The van der Waals surface area contributed by atoms with Crippen LogP contribution in [-0.4, -0.2) is 11.0 Å². The monoisotopic (exact) mass is 1680 g/mol. The van der Waals surface area contributed by atoms with Crippen LogP contribution >= 0.6 is 0 Å². The van der Waals surface area contributed by atoms with Gasteiger partial charge in [-0.2, -0.15) is 0 Å². The van der Waals surface area contributed by atoms with E-state index >= 15 is 0 Å². The van der Waals surface area contributed by atoms with Crippen molar-refractivity contribution in [3.05, 3.63) is 334 Å². The molecule has 0 spiro atoms. The maximum atomic E-state index is 2.55. The molecular formula is C92H88Cl2Hf2Si2-2. The summed E-state index contributed by atoms with van der Waals surface area (Å²) in [4.78, 5) is 0. The Morgan fingerprint density at radius 2 is 0.398 bits per heavy atom. The van der Waals surface area contributed by atoms with E-state index < -0.39 is 51.1 Å². The minimum atomic E-state index is -3.25. The SMILES string of the molecule is CC(C)(C)c1ccc2c([c]1[Hf]([c]1c(C(C)(C)C)ccc3c1Cc1ccccc1-3)=[Si](c1ccccc1)c1ccccc1)Cc1ccccc1-2.CC(C)(C)c1ccc2c([c]1[Hf]([c]1c(C(C)(C)C)ccc3c1Cc1ccccc1-3)=[Si](c1ccccc1)c1ccccc1)Cc1ccccc1-2.[Cl-].[Cl-]. The molecule has 0 amide bonds. The maximum absolute atomic E-state index is 3.25. The summed E-state index contributed by atoms with van der Waals surface area (Å²) in [6.45, 7) is 29.5. The standard InChI is InChI=1S/4C17H17.2C12H10Si.2ClH.2Hf/c4*1-17(2,3)14-8-9-16-13(11-14)10-12-6-4-5-7-15(12)16;2*1-3-7-11(8-4-1)13-12-9-5-2-6-10-12;;;;/h4*4-9H,10H2,1-3H3;2*1-10H;2*1H;;/p-2. The zero-order chi connectivity index (χ0) is 66.4. The first-order chi connectivity index (χ1) is 46.2. The molecule has 0 fully saturated rings. The summed E-state index contributed by atoms with van der Waals surface area (Å²) in [7, 11) is 0. The van der Waals surface area contributed by atoms with Gasteiger partial charge < -0.3 is 24.8 Å². The summed E-state index contributed by atoms with van der Waals surface area (Å²) in [5, 5.41) is 6.27. The Bertz CT molecular complexity index is 4480. The van der Waals surface area contributed by atoms with Crippen LogP contribution in [0.4, 0.5) is 0 Å². The number of rotatable bonds is 8. The molecule has 98 heavy (non-hydrogen) atoms. The summed E-state index contributed by atoms with van der Waals surface area (Å²) >= 11 is -6.50. The molecule has 0 saturated heterocycles. The summed E-state index contributed by atoms with van der Waals surface area (Å²) < 4.78 is 7.16. The zero-order valence-corrected chi connectivity index (χ0v) is 69.7. The van der Waals surface area contributed by atoms with Gasteiger partial charge in [-0.25, -0.2) is 0 Å². The largest absolute Gasteiger partial charge is 1.00 e. The molecule has 0 nitrogen and oxygen atoms in total. The minimum Gasteiger partial charge on any atom is -1.00 e. The molecule has 0 unspecified atom stereocenters. The molecule has 0 heterocycles. The average molecular weight is 1680 g/mol. The second kappa shape index (κ2) is 27.7. The predicted octanol–water partition coefficient (Wildman–Crippen LogP) is 11.6. The Labute approximate surface area is 612 Å². The fourth-order valence-electron chi connectivity index (χ4n) is 16.6. The third-order valence-corrected chi connectivity index (χ3v) is 72.4. The predicted molar refractivity (Wildman–Crippen MR) is 408 cm³/mol. The third kappa shape index (κ3) is 12.8. The Balaban J connectivity index is 0.000000173. The Hall–Kier alpha value is -6.61. The summed E-state index contributed by atoms with van der Waals surface area (Å²) in [6, 6.07) is 104. The van der Waals surface area contributed by atoms with Gasteiger partial charge >= 0.3 is 594 Å². The Morgan fingerprint density at radius 1 is 0.214 bits per heavy atom. The second-order valence-electron chi connectivity index (χ2n) is 31.4. The van der Waals surface area contributed by atoms with Crippen molar-refractivity contribution >= 4 is 45.0 Å². The molecule has 6 heteroatoms. The van der Waals surface area contributed by atoms with Gasteiger partial charge in [0.25, 0.3) is 0 Å². The van der Waals surface area contributed by atoms with Crippen molar-refractivity contribution < 1.29 is 64.9 Å².